The number of H-pyrrole nitrogens is 1. The van der Waals surface area contributed by atoms with Gasteiger partial charge in [-0.05, 0) is 30.4 Å². The number of rotatable bonds is 7. The minimum absolute atomic E-state index is 0. The summed E-state index contributed by atoms with van der Waals surface area (Å²) in [4.78, 5) is 8.51. The van der Waals surface area contributed by atoms with Crippen LogP contribution in [0.4, 0.5) is 0 Å². The average molecular weight is 468 g/mol. The Labute approximate surface area is 172 Å². The average Bonchev–Trinajstić information content (AvgIpc) is 3.35. The van der Waals surface area contributed by atoms with Crippen LogP contribution < -0.4 is 10.6 Å². The summed E-state index contributed by atoms with van der Waals surface area (Å²) >= 11 is 0. The quantitative estimate of drug-likeness (QED) is 0.251. The van der Waals surface area contributed by atoms with Crippen molar-refractivity contribution in [3.8, 4) is 11.4 Å². The molecule has 1 fully saturated rings. The Morgan fingerprint density at radius 1 is 1.27 bits per heavy atom. The standard InChI is InChI=1S/C19H28N6.HI/c1-20-19(21-11-5-9-15-6-2-3-7-15)22-13-16-8-4-10-17(12-16)18-23-14-24-25-18;/h4,8,10,12,14-15H,2-3,5-7,9,11,13H2,1H3,(H2,20,21,22)(H,23,24,25);1H. The summed E-state index contributed by atoms with van der Waals surface area (Å²) < 4.78 is 0. The zero-order valence-electron chi connectivity index (χ0n) is 15.4. The normalized spacial score (nSPS) is 14.9. The number of hydrogen-bond acceptors (Lipinski definition) is 3. The van der Waals surface area contributed by atoms with Crippen LogP contribution >= 0.6 is 24.0 Å². The molecule has 1 aromatic carbocycles. The maximum Gasteiger partial charge on any atom is 0.191 e. The molecule has 1 aliphatic rings. The molecule has 0 saturated heterocycles. The number of hydrogen-bond donors (Lipinski definition) is 3. The fraction of sp³-hybridized carbons (Fsp3) is 0.526. The van der Waals surface area contributed by atoms with E-state index in [0.717, 1.165) is 36.4 Å². The molecule has 142 valence electrons. The molecule has 3 N–H and O–H groups in total. The Kier molecular flexibility index (Phi) is 8.87. The predicted molar refractivity (Wildman–Crippen MR) is 117 cm³/mol. The molecule has 1 heterocycles. The predicted octanol–water partition coefficient (Wildman–Crippen LogP) is 3.73. The van der Waals surface area contributed by atoms with Crippen LogP contribution in [0.3, 0.4) is 0 Å². The first kappa shape index (κ1) is 20.7. The van der Waals surface area contributed by atoms with Crippen molar-refractivity contribution in [2.45, 2.75) is 45.1 Å². The van der Waals surface area contributed by atoms with Gasteiger partial charge in [0, 0.05) is 25.7 Å². The van der Waals surface area contributed by atoms with Crippen molar-refractivity contribution in [2.75, 3.05) is 13.6 Å². The SMILES string of the molecule is CN=C(NCCCC1CCCC1)NCc1cccc(-c2ncn[nH]2)c1.I. The second kappa shape index (κ2) is 11.2. The molecular weight excluding hydrogens is 439 g/mol. The van der Waals surface area contributed by atoms with E-state index < -0.39 is 0 Å². The Balaban J connectivity index is 0.00000243. The largest absolute Gasteiger partial charge is 0.356 e. The molecular formula is C19H29IN6. The summed E-state index contributed by atoms with van der Waals surface area (Å²) in [7, 11) is 1.82. The molecule has 1 aromatic heterocycles. The summed E-state index contributed by atoms with van der Waals surface area (Å²) in [5.41, 5.74) is 2.22. The van der Waals surface area contributed by atoms with E-state index in [1.54, 1.807) is 0 Å². The molecule has 1 saturated carbocycles. The maximum atomic E-state index is 4.31. The highest BCUT2D eigenvalue weighted by molar-refractivity contribution is 14.0. The first-order chi connectivity index (χ1) is 12.3. The number of halogens is 1. The van der Waals surface area contributed by atoms with Crippen molar-refractivity contribution >= 4 is 29.9 Å². The molecule has 0 unspecified atom stereocenters. The summed E-state index contributed by atoms with van der Waals surface area (Å²) in [6.07, 6.45) is 9.78. The minimum atomic E-state index is 0. The fourth-order valence-corrected chi connectivity index (χ4v) is 3.48. The third-order valence-electron chi connectivity index (χ3n) is 4.86. The highest BCUT2D eigenvalue weighted by atomic mass is 127. The van der Waals surface area contributed by atoms with Gasteiger partial charge in [0.05, 0.1) is 0 Å². The van der Waals surface area contributed by atoms with Gasteiger partial charge in [0.2, 0.25) is 0 Å². The summed E-state index contributed by atoms with van der Waals surface area (Å²) in [6, 6.07) is 8.27. The van der Waals surface area contributed by atoms with Crippen molar-refractivity contribution < 1.29 is 0 Å². The molecule has 26 heavy (non-hydrogen) atoms. The van der Waals surface area contributed by atoms with Crippen LogP contribution in [0.2, 0.25) is 0 Å². The van der Waals surface area contributed by atoms with Crippen molar-refractivity contribution in [2.24, 2.45) is 10.9 Å². The van der Waals surface area contributed by atoms with Gasteiger partial charge in [0.15, 0.2) is 11.8 Å². The van der Waals surface area contributed by atoms with Crippen LogP contribution in [0.15, 0.2) is 35.6 Å². The monoisotopic (exact) mass is 468 g/mol. The number of benzene rings is 1. The number of nitrogens with one attached hydrogen (secondary N) is 3. The molecule has 0 aliphatic heterocycles. The number of aromatic nitrogens is 3. The van der Waals surface area contributed by atoms with E-state index >= 15 is 0 Å². The van der Waals surface area contributed by atoms with Crippen LogP contribution in [0.1, 0.15) is 44.1 Å². The van der Waals surface area contributed by atoms with Gasteiger partial charge in [-0.2, -0.15) is 5.10 Å². The Bertz CT molecular complexity index is 664. The smallest absolute Gasteiger partial charge is 0.191 e. The molecule has 3 rings (SSSR count). The lowest BCUT2D eigenvalue weighted by molar-refractivity contribution is 0.481. The number of nitrogens with zero attached hydrogens (tertiary/aromatic N) is 3. The Hall–Kier alpha value is -1.64. The fourth-order valence-electron chi connectivity index (χ4n) is 3.48. The van der Waals surface area contributed by atoms with E-state index in [4.69, 9.17) is 0 Å². The van der Waals surface area contributed by atoms with Gasteiger partial charge in [0.1, 0.15) is 6.33 Å². The number of aromatic amines is 1. The van der Waals surface area contributed by atoms with E-state index in [9.17, 15) is 0 Å². The van der Waals surface area contributed by atoms with Gasteiger partial charge in [-0.1, -0.05) is 43.9 Å². The third kappa shape index (κ3) is 6.26. The maximum absolute atomic E-state index is 4.31. The van der Waals surface area contributed by atoms with Crippen LogP contribution in [0, 0.1) is 5.92 Å². The van der Waals surface area contributed by atoms with Crippen LogP contribution in [-0.2, 0) is 6.54 Å². The molecule has 0 spiro atoms. The highest BCUT2D eigenvalue weighted by Gasteiger charge is 2.14. The zero-order valence-corrected chi connectivity index (χ0v) is 17.7. The van der Waals surface area contributed by atoms with Gasteiger partial charge in [-0.15, -0.1) is 24.0 Å². The first-order valence-corrected chi connectivity index (χ1v) is 9.24. The molecule has 0 atom stereocenters. The number of aliphatic imine (C=N–C) groups is 1. The second-order valence-electron chi connectivity index (χ2n) is 6.68. The van der Waals surface area contributed by atoms with E-state index in [1.807, 2.05) is 19.2 Å². The van der Waals surface area contributed by atoms with Crippen molar-refractivity contribution in [1.82, 2.24) is 25.8 Å². The van der Waals surface area contributed by atoms with E-state index in [-0.39, 0.29) is 24.0 Å². The lowest BCUT2D eigenvalue weighted by Gasteiger charge is -2.13. The lowest BCUT2D eigenvalue weighted by atomic mass is 10.0. The minimum Gasteiger partial charge on any atom is -0.356 e. The lowest BCUT2D eigenvalue weighted by Crippen LogP contribution is -2.37. The molecule has 0 amide bonds. The summed E-state index contributed by atoms with van der Waals surface area (Å²) in [5, 5.41) is 13.6. The molecule has 7 heteroatoms. The number of guanidine groups is 1. The van der Waals surface area contributed by atoms with E-state index in [2.05, 4.69) is 42.9 Å². The highest BCUT2D eigenvalue weighted by Crippen LogP contribution is 2.28. The Morgan fingerprint density at radius 3 is 2.85 bits per heavy atom. The molecule has 1 aliphatic carbocycles. The molecule has 0 bridgehead atoms. The van der Waals surface area contributed by atoms with Gasteiger partial charge in [-0.3, -0.25) is 10.1 Å². The van der Waals surface area contributed by atoms with Gasteiger partial charge in [0.25, 0.3) is 0 Å². The second-order valence-corrected chi connectivity index (χ2v) is 6.68. The molecule has 6 nitrogen and oxygen atoms in total. The van der Waals surface area contributed by atoms with E-state index in [1.165, 1.54) is 50.4 Å². The molecule has 2 aromatic rings. The third-order valence-corrected chi connectivity index (χ3v) is 4.86. The van der Waals surface area contributed by atoms with Crippen molar-refractivity contribution in [3.05, 3.63) is 36.2 Å². The van der Waals surface area contributed by atoms with E-state index in [0.29, 0.717) is 0 Å². The van der Waals surface area contributed by atoms with Crippen molar-refractivity contribution in [1.29, 1.82) is 0 Å². The van der Waals surface area contributed by atoms with Gasteiger partial charge >= 0.3 is 0 Å². The van der Waals surface area contributed by atoms with Crippen LogP contribution in [0.5, 0.6) is 0 Å². The molecule has 0 radical (unpaired) electrons. The van der Waals surface area contributed by atoms with Crippen LogP contribution in [0.25, 0.3) is 11.4 Å². The van der Waals surface area contributed by atoms with Gasteiger partial charge < -0.3 is 10.6 Å². The van der Waals surface area contributed by atoms with Crippen molar-refractivity contribution in [3.63, 3.8) is 0 Å². The van der Waals surface area contributed by atoms with Crippen LogP contribution in [-0.4, -0.2) is 34.7 Å². The topological polar surface area (TPSA) is 78.0 Å². The Morgan fingerprint density at radius 2 is 2.12 bits per heavy atom. The van der Waals surface area contributed by atoms with Gasteiger partial charge in [-0.25, -0.2) is 4.98 Å². The summed E-state index contributed by atoms with van der Waals surface area (Å²) in [5.74, 6) is 2.60. The first-order valence-electron chi connectivity index (χ1n) is 9.24. The summed E-state index contributed by atoms with van der Waals surface area (Å²) in [6.45, 7) is 1.71. The zero-order chi connectivity index (χ0) is 17.3.